The highest BCUT2D eigenvalue weighted by Crippen LogP contribution is 2.31. The van der Waals surface area contributed by atoms with Crippen LogP contribution < -0.4 is 11.2 Å². The van der Waals surface area contributed by atoms with E-state index >= 15 is 0 Å². The van der Waals surface area contributed by atoms with E-state index in [0.717, 1.165) is 0 Å². The Bertz CT molecular complexity index is 607. The molecule has 110 valence electrons. The van der Waals surface area contributed by atoms with E-state index in [9.17, 15) is 19.8 Å². The molecule has 2 heterocycles. The summed E-state index contributed by atoms with van der Waals surface area (Å²) in [4.78, 5) is 25.4. The second-order valence-electron chi connectivity index (χ2n) is 4.54. The number of allylic oxidation sites excluding steroid dienone is 1. The smallest absolute Gasteiger partial charge is 0.328 e. The quantitative estimate of drug-likeness (QED) is 0.468. The monoisotopic (exact) mass is 284 g/mol. The number of aliphatic hydroxyl groups excluding tert-OH is 3. The van der Waals surface area contributed by atoms with Crippen LogP contribution >= 0.6 is 0 Å². The zero-order chi connectivity index (χ0) is 14.9. The first-order valence-electron chi connectivity index (χ1n) is 6.06. The number of nitrogens with one attached hydrogen (secondary N) is 1. The third kappa shape index (κ3) is 2.46. The first-order chi connectivity index (χ1) is 9.49. The molecule has 20 heavy (non-hydrogen) atoms. The minimum Gasteiger partial charge on any atom is -0.394 e. The normalized spacial score (nSPS) is 29.6. The van der Waals surface area contributed by atoms with E-state index in [-0.39, 0.29) is 12.1 Å². The van der Waals surface area contributed by atoms with Gasteiger partial charge in [-0.2, -0.15) is 0 Å². The van der Waals surface area contributed by atoms with Crippen molar-refractivity contribution >= 4 is 0 Å². The molecule has 0 spiro atoms. The molecule has 1 fully saturated rings. The predicted molar refractivity (Wildman–Crippen MR) is 68.2 cm³/mol. The molecular formula is C12H16N2O6. The van der Waals surface area contributed by atoms with Gasteiger partial charge in [0.2, 0.25) is 0 Å². The van der Waals surface area contributed by atoms with Gasteiger partial charge in [0.05, 0.1) is 12.2 Å². The molecule has 8 nitrogen and oxygen atoms in total. The summed E-state index contributed by atoms with van der Waals surface area (Å²) >= 11 is 0. The van der Waals surface area contributed by atoms with Crippen molar-refractivity contribution in [3.63, 3.8) is 0 Å². The molecule has 0 aliphatic carbocycles. The first kappa shape index (κ1) is 14.7. The largest absolute Gasteiger partial charge is 0.394 e. The minimum absolute atomic E-state index is 0.00829. The van der Waals surface area contributed by atoms with Gasteiger partial charge in [-0.25, -0.2) is 4.79 Å². The summed E-state index contributed by atoms with van der Waals surface area (Å²) in [7, 11) is 0. The summed E-state index contributed by atoms with van der Waals surface area (Å²) in [5, 5.41) is 28.6. The minimum atomic E-state index is -1.36. The van der Waals surface area contributed by atoms with Gasteiger partial charge in [-0.05, 0) is 0 Å². The molecule has 4 atom stereocenters. The molecule has 1 aliphatic rings. The average Bonchev–Trinajstić information content (AvgIpc) is 2.70. The van der Waals surface area contributed by atoms with Gasteiger partial charge in [-0.3, -0.25) is 14.3 Å². The van der Waals surface area contributed by atoms with Gasteiger partial charge in [0.25, 0.3) is 5.56 Å². The number of rotatable bonds is 4. The Kier molecular flexibility index (Phi) is 4.19. The van der Waals surface area contributed by atoms with Crippen molar-refractivity contribution < 1.29 is 20.1 Å². The third-order valence-electron chi connectivity index (χ3n) is 3.21. The summed E-state index contributed by atoms with van der Waals surface area (Å²) in [6.45, 7) is 3.18. The number of hydrogen-bond donors (Lipinski definition) is 4. The van der Waals surface area contributed by atoms with Gasteiger partial charge in [-0.1, -0.05) is 6.08 Å². The lowest BCUT2D eigenvalue weighted by Crippen LogP contribution is -2.36. The van der Waals surface area contributed by atoms with E-state index in [2.05, 4.69) is 11.6 Å². The molecule has 4 N–H and O–H groups in total. The molecule has 2 rings (SSSR count). The molecule has 0 amide bonds. The fourth-order valence-electron chi connectivity index (χ4n) is 2.16. The number of aromatic amines is 1. The van der Waals surface area contributed by atoms with Crippen molar-refractivity contribution in [1.82, 2.24) is 9.55 Å². The highest BCUT2D eigenvalue weighted by molar-refractivity contribution is 5.14. The highest BCUT2D eigenvalue weighted by Gasteiger charge is 2.44. The summed E-state index contributed by atoms with van der Waals surface area (Å²) in [5.41, 5.74) is -1.30. The summed E-state index contributed by atoms with van der Waals surface area (Å²) in [6.07, 6.45) is -2.02. The average molecular weight is 284 g/mol. The summed E-state index contributed by atoms with van der Waals surface area (Å²) in [5.74, 6) is 0. The highest BCUT2D eigenvalue weighted by atomic mass is 16.6. The van der Waals surface area contributed by atoms with Crippen LogP contribution in [0.1, 0.15) is 11.7 Å². The van der Waals surface area contributed by atoms with E-state index < -0.39 is 42.3 Å². The topological polar surface area (TPSA) is 125 Å². The van der Waals surface area contributed by atoms with Crippen LogP contribution in [0.2, 0.25) is 0 Å². The molecule has 0 saturated carbocycles. The number of aliphatic hydroxyl groups is 3. The molecule has 1 aromatic heterocycles. The lowest BCUT2D eigenvalue weighted by molar-refractivity contribution is -0.0233. The van der Waals surface area contributed by atoms with Gasteiger partial charge < -0.3 is 20.1 Å². The second kappa shape index (κ2) is 5.71. The van der Waals surface area contributed by atoms with Crippen LogP contribution in [0.15, 0.2) is 28.4 Å². The number of nitrogens with zero attached hydrogens (tertiary/aromatic N) is 1. The van der Waals surface area contributed by atoms with Crippen LogP contribution in [-0.2, 0) is 11.3 Å². The van der Waals surface area contributed by atoms with Gasteiger partial charge >= 0.3 is 5.69 Å². The van der Waals surface area contributed by atoms with Crippen molar-refractivity contribution in [2.75, 3.05) is 6.61 Å². The molecule has 1 aliphatic heterocycles. The molecule has 0 bridgehead atoms. The van der Waals surface area contributed by atoms with Crippen molar-refractivity contribution in [2.24, 2.45) is 0 Å². The van der Waals surface area contributed by atoms with Gasteiger partial charge in [-0.15, -0.1) is 6.58 Å². The Morgan fingerprint density at radius 1 is 1.40 bits per heavy atom. The molecule has 4 unspecified atom stereocenters. The Balaban J connectivity index is 2.43. The molecule has 0 aromatic carbocycles. The van der Waals surface area contributed by atoms with E-state index in [4.69, 9.17) is 9.84 Å². The fraction of sp³-hybridized carbons (Fsp3) is 0.500. The Morgan fingerprint density at radius 3 is 2.65 bits per heavy atom. The van der Waals surface area contributed by atoms with Gasteiger partial charge in [0.1, 0.15) is 24.4 Å². The fourth-order valence-corrected chi connectivity index (χ4v) is 2.16. The van der Waals surface area contributed by atoms with Crippen LogP contribution in [0.25, 0.3) is 0 Å². The van der Waals surface area contributed by atoms with E-state index in [1.54, 1.807) is 0 Å². The Hall–Kier alpha value is -1.74. The molecule has 1 aromatic rings. The Labute approximate surface area is 113 Å². The van der Waals surface area contributed by atoms with E-state index in [1.807, 2.05) is 0 Å². The van der Waals surface area contributed by atoms with Crippen LogP contribution in [0.3, 0.4) is 0 Å². The predicted octanol–water partition coefficient (Wildman–Crippen LogP) is -2.12. The SMILES string of the molecule is C=CCn1cc(C2OC(CO)C(O)C2O)c(=O)[nH]c1=O. The molecule has 8 heteroatoms. The summed E-state index contributed by atoms with van der Waals surface area (Å²) in [6, 6.07) is 0. The Morgan fingerprint density at radius 2 is 2.10 bits per heavy atom. The summed E-state index contributed by atoms with van der Waals surface area (Å²) < 4.78 is 6.46. The van der Waals surface area contributed by atoms with Crippen molar-refractivity contribution in [1.29, 1.82) is 0 Å². The van der Waals surface area contributed by atoms with Crippen LogP contribution in [0.5, 0.6) is 0 Å². The second-order valence-corrected chi connectivity index (χ2v) is 4.54. The number of aromatic nitrogens is 2. The third-order valence-corrected chi connectivity index (χ3v) is 3.21. The maximum Gasteiger partial charge on any atom is 0.328 e. The van der Waals surface area contributed by atoms with E-state index in [1.165, 1.54) is 16.8 Å². The van der Waals surface area contributed by atoms with Crippen LogP contribution in [0, 0.1) is 0 Å². The molecular weight excluding hydrogens is 268 g/mol. The molecule has 0 radical (unpaired) electrons. The van der Waals surface area contributed by atoms with Crippen molar-refractivity contribution in [3.8, 4) is 0 Å². The zero-order valence-electron chi connectivity index (χ0n) is 10.6. The lowest BCUT2D eigenvalue weighted by Gasteiger charge is -2.15. The maximum absolute atomic E-state index is 11.8. The van der Waals surface area contributed by atoms with Crippen LogP contribution in [-0.4, -0.2) is 49.8 Å². The lowest BCUT2D eigenvalue weighted by atomic mass is 10.0. The number of hydrogen-bond acceptors (Lipinski definition) is 6. The van der Waals surface area contributed by atoms with Gasteiger partial charge in [0, 0.05) is 12.7 Å². The van der Waals surface area contributed by atoms with Gasteiger partial charge in [0.15, 0.2) is 0 Å². The zero-order valence-corrected chi connectivity index (χ0v) is 10.6. The van der Waals surface area contributed by atoms with E-state index in [0.29, 0.717) is 0 Å². The maximum atomic E-state index is 11.8. The standard InChI is InChI=1S/C12H16N2O6/c1-2-3-14-4-6(11(18)13-12(14)19)10-9(17)8(16)7(5-15)20-10/h2,4,7-10,15-17H,1,3,5H2,(H,13,18,19). The van der Waals surface area contributed by atoms with Crippen molar-refractivity contribution in [2.45, 2.75) is 31.0 Å². The van der Waals surface area contributed by atoms with Crippen LogP contribution in [0.4, 0.5) is 0 Å². The number of H-pyrrole nitrogens is 1. The number of ether oxygens (including phenoxy) is 1. The van der Waals surface area contributed by atoms with Crippen molar-refractivity contribution in [3.05, 3.63) is 45.3 Å². The first-order valence-corrected chi connectivity index (χ1v) is 6.06. The molecule has 1 saturated heterocycles.